The van der Waals surface area contributed by atoms with Gasteiger partial charge in [-0.15, -0.1) is 0 Å². The van der Waals surface area contributed by atoms with E-state index in [1.807, 2.05) is 0 Å². The Hall–Kier alpha value is -1.18. The van der Waals surface area contributed by atoms with Gasteiger partial charge in [-0.2, -0.15) is 0 Å². The van der Waals surface area contributed by atoms with Gasteiger partial charge in [0.25, 0.3) is 0 Å². The van der Waals surface area contributed by atoms with Gasteiger partial charge in [-0.1, -0.05) is 0 Å². The van der Waals surface area contributed by atoms with Crippen molar-refractivity contribution in [2.75, 3.05) is 6.61 Å². The molecule has 7 nitrogen and oxygen atoms in total. The number of carbonyl (C=O) groups is 2. The van der Waals surface area contributed by atoms with E-state index in [4.69, 9.17) is 9.84 Å². The first-order chi connectivity index (χ1) is 8.45. The lowest BCUT2D eigenvalue weighted by Gasteiger charge is -2.39. The quantitative estimate of drug-likeness (QED) is 0.542. The Morgan fingerprint density at radius 2 is 2.11 bits per heavy atom. The molecule has 102 valence electrons. The van der Waals surface area contributed by atoms with Gasteiger partial charge >= 0.3 is 0 Å². The Labute approximate surface area is 105 Å². The molecule has 0 aromatic rings. The lowest BCUT2D eigenvalue weighted by molar-refractivity contribution is -0.164. The van der Waals surface area contributed by atoms with Gasteiger partial charge in [0.1, 0.15) is 24.4 Å². The van der Waals surface area contributed by atoms with Crippen molar-refractivity contribution in [2.24, 2.45) is 0 Å². The number of piperazine rings is 1. The molecule has 2 fully saturated rings. The standard InChI is InChI=1S/C11H18N2O5/c1-5-11(17)13(6(2)10(16)12-5)9-3-7(15)8(4-14)18-9/h5-9,14-15H,3-4H2,1-2H3,(H,12,16)/t5-,6-,7-,8+,9+/m0/s1. The first kappa shape index (κ1) is 13.3. The molecular weight excluding hydrogens is 240 g/mol. The van der Waals surface area contributed by atoms with Crippen molar-refractivity contribution >= 4 is 11.8 Å². The monoisotopic (exact) mass is 258 g/mol. The Bertz CT molecular complexity index is 361. The fourth-order valence-electron chi connectivity index (χ4n) is 2.38. The van der Waals surface area contributed by atoms with E-state index < -0.39 is 30.5 Å². The molecule has 0 aliphatic carbocycles. The Morgan fingerprint density at radius 1 is 1.44 bits per heavy atom. The first-order valence-electron chi connectivity index (χ1n) is 6.02. The van der Waals surface area contributed by atoms with E-state index in [9.17, 15) is 14.7 Å². The summed E-state index contributed by atoms with van der Waals surface area (Å²) >= 11 is 0. The number of rotatable bonds is 2. The maximum Gasteiger partial charge on any atom is 0.247 e. The molecule has 0 bridgehead atoms. The second-order valence-corrected chi connectivity index (χ2v) is 4.77. The lowest BCUT2D eigenvalue weighted by Crippen LogP contribution is -2.64. The van der Waals surface area contributed by atoms with Crippen LogP contribution in [-0.4, -0.2) is 64.1 Å². The van der Waals surface area contributed by atoms with Crippen molar-refractivity contribution in [3.8, 4) is 0 Å². The van der Waals surface area contributed by atoms with E-state index in [1.165, 1.54) is 4.90 Å². The number of aliphatic hydroxyl groups excluding tert-OH is 2. The van der Waals surface area contributed by atoms with Crippen LogP contribution in [-0.2, 0) is 14.3 Å². The highest BCUT2D eigenvalue weighted by atomic mass is 16.5. The third-order valence-corrected chi connectivity index (χ3v) is 3.47. The summed E-state index contributed by atoms with van der Waals surface area (Å²) < 4.78 is 5.42. The van der Waals surface area contributed by atoms with E-state index in [0.29, 0.717) is 0 Å². The molecule has 2 aliphatic rings. The molecule has 0 radical (unpaired) electrons. The van der Waals surface area contributed by atoms with Gasteiger partial charge in [0.15, 0.2) is 0 Å². The molecule has 0 aromatic heterocycles. The van der Waals surface area contributed by atoms with Crippen LogP contribution in [0.15, 0.2) is 0 Å². The van der Waals surface area contributed by atoms with Gasteiger partial charge in [-0.25, -0.2) is 0 Å². The molecule has 7 heteroatoms. The Morgan fingerprint density at radius 3 is 2.67 bits per heavy atom. The molecule has 2 aliphatic heterocycles. The third kappa shape index (κ3) is 2.09. The van der Waals surface area contributed by atoms with E-state index in [-0.39, 0.29) is 24.8 Å². The lowest BCUT2D eigenvalue weighted by atomic mass is 10.1. The Balaban J connectivity index is 2.16. The van der Waals surface area contributed by atoms with E-state index in [2.05, 4.69) is 5.32 Å². The van der Waals surface area contributed by atoms with Crippen molar-refractivity contribution in [2.45, 2.75) is 50.8 Å². The van der Waals surface area contributed by atoms with E-state index in [1.54, 1.807) is 13.8 Å². The maximum absolute atomic E-state index is 12.1. The zero-order chi connectivity index (χ0) is 13.4. The molecule has 2 saturated heterocycles. The summed E-state index contributed by atoms with van der Waals surface area (Å²) in [5.41, 5.74) is 0. The molecular formula is C11H18N2O5. The molecule has 0 aromatic carbocycles. The predicted octanol–water partition coefficient (Wildman–Crippen LogP) is -1.81. The second kappa shape index (κ2) is 4.83. The molecule has 2 amide bonds. The summed E-state index contributed by atoms with van der Waals surface area (Å²) in [5.74, 6) is -0.481. The van der Waals surface area contributed by atoms with Crippen molar-refractivity contribution in [1.29, 1.82) is 0 Å². The molecule has 3 N–H and O–H groups in total. The number of hydrogen-bond acceptors (Lipinski definition) is 5. The van der Waals surface area contributed by atoms with E-state index >= 15 is 0 Å². The van der Waals surface area contributed by atoms with Gasteiger partial charge in [0.2, 0.25) is 11.8 Å². The van der Waals surface area contributed by atoms with Crippen LogP contribution in [0.25, 0.3) is 0 Å². The van der Waals surface area contributed by atoms with Crippen LogP contribution in [0.1, 0.15) is 20.3 Å². The molecule has 0 unspecified atom stereocenters. The maximum atomic E-state index is 12.1. The summed E-state index contributed by atoms with van der Waals surface area (Å²) in [6.07, 6.45) is -1.97. The Kier molecular flexibility index (Phi) is 3.56. The largest absolute Gasteiger partial charge is 0.394 e. The van der Waals surface area contributed by atoms with E-state index in [0.717, 1.165) is 0 Å². The van der Waals surface area contributed by atoms with Gasteiger partial charge in [0, 0.05) is 6.42 Å². The van der Waals surface area contributed by atoms with Crippen LogP contribution in [0.4, 0.5) is 0 Å². The van der Waals surface area contributed by atoms with Crippen LogP contribution in [0, 0.1) is 0 Å². The summed E-state index contributed by atoms with van der Waals surface area (Å²) in [7, 11) is 0. The number of hydrogen-bond donors (Lipinski definition) is 3. The summed E-state index contributed by atoms with van der Waals surface area (Å²) in [4.78, 5) is 25.1. The number of carbonyl (C=O) groups excluding carboxylic acids is 2. The van der Waals surface area contributed by atoms with Crippen LogP contribution in [0.2, 0.25) is 0 Å². The number of nitrogens with one attached hydrogen (secondary N) is 1. The highest BCUT2D eigenvalue weighted by Gasteiger charge is 2.45. The molecule has 0 spiro atoms. The smallest absolute Gasteiger partial charge is 0.247 e. The third-order valence-electron chi connectivity index (χ3n) is 3.47. The topological polar surface area (TPSA) is 99.1 Å². The van der Waals surface area contributed by atoms with Crippen molar-refractivity contribution in [1.82, 2.24) is 10.2 Å². The molecule has 0 saturated carbocycles. The SMILES string of the molecule is C[C@@H]1NC(=O)[C@H](C)N([C@H]2C[C@H](O)[C@@H](CO)O2)C1=O. The summed E-state index contributed by atoms with van der Waals surface area (Å²) in [5, 5.41) is 21.3. The van der Waals surface area contributed by atoms with Crippen LogP contribution in [0.5, 0.6) is 0 Å². The van der Waals surface area contributed by atoms with Crippen LogP contribution < -0.4 is 5.32 Å². The average Bonchev–Trinajstić information content (AvgIpc) is 2.68. The number of nitrogens with zero attached hydrogens (tertiary/aromatic N) is 1. The fourth-order valence-corrected chi connectivity index (χ4v) is 2.38. The molecule has 2 rings (SSSR count). The molecule has 2 heterocycles. The van der Waals surface area contributed by atoms with Crippen LogP contribution >= 0.6 is 0 Å². The summed E-state index contributed by atoms with van der Waals surface area (Å²) in [6.45, 7) is 2.91. The second-order valence-electron chi connectivity index (χ2n) is 4.77. The number of ether oxygens (including phenoxy) is 1. The average molecular weight is 258 g/mol. The van der Waals surface area contributed by atoms with Gasteiger partial charge < -0.3 is 25.2 Å². The van der Waals surface area contributed by atoms with Gasteiger partial charge in [0.05, 0.1) is 12.7 Å². The minimum atomic E-state index is -0.819. The summed E-state index contributed by atoms with van der Waals surface area (Å²) in [6, 6.07) is -1.23. The van der Waals surface area contributed by atoms with Crippen molar-refractivity contribution in [3.63, 3.8) is 0 Å². The number of amides is 2. The normalized spacial score (nSPS) is 41.1. The highest BCUT2D eigenvalue weighted by Crippen LogP contribution is 2.26. The minimum absolute atomic E-state index is 0.210. The number of aliphatic hydroxyl groups is 2. The van der Waals surface area contributed by atoms with Crippen molar-refractivity contribution in [3.05, 3.63) is 0 Å². The minimum Gasteiger partial charge on any atom is -0.394 e. The zero-order valence-corrected chi connectivity index (χ0v) is 10.4. The molecule has 18 heavy (non-hydrogen) atoms. The zero-order valence-electron chi connectivity index (χ0n) is 10.4. The first-order valence-corrected chi connectivity index (χ1v) is 6.02. The van der Waals surface area contributed by atoms with Gasteiger partial charge in [-0.05, 0) is 13.8 Å². The van der Waals surface area contributed by atoms with Gasteiger partial charge in [-0.3, -0.25) is 9.59 Å². The highest BCUT2D eigenvalue weighted by molar-refractivity contribution is 5.96. The van der Waals surface area contributed by atoms with Crippen molar-refractivity contribution < 1.29 is 24.5 Å². The molecule has 5 atom stereocenters. The predicted molar refractivity (Wildman–Crippen MR) is 60.3 cm³/mol. The fraction of sp³-hybridized carbons (Fsp3) is 0.818. The van der Waals surface area contributed by atoms with Crippen LogP contribution in [0.3, 0.4) is 0 Å².